The molecule has 0 aliphatic heterocycles. The zero-order valence-corrected chi connectivity index (χ0v) is 10.1. The lowest BCUT2D eigenvalue weighted by molar-refractivity contribution is -0.131. The van der Waals surface area contributed by atoms with E-state index in [1.807, 2.05) is 24.0 Å². The van der Waals surface area contributed by atoms with Crippen LogP contribution in [0.2, 0.25) is 0 Å². The van der Waals surface area contributed by atoms with E-state index in [4.69, 9.17) is 0 Å². The lowest BCUT2D eigenvalue weighted by atomic mass is 10.1. The Morgan fingerprint density at radius 3 is 2.56 bits per heavy atom. The topological polar surface area (TPSA) is 33.2 Å². The summed E-state index contributed by atoms with van der Waals surface area (Å²) in [7, 11) is 0. The van der Waals surface area contributed by atoms with E-state index in [0.717, 1.165) is 25.9 Å². The molecule has 0 aliphatic rings. The summed E-state index contributed by atoms with van der Waals surface area (Å²) in [6, 6.07) is 3.92. The number of hydrogen-bond acceptors (Lipinski definition) is 2. The summed E-state index contributed by atoms with van der Waals surface area (Å²) in [5.41, 5.74) is 1.18. The third-order valence-electron chi connectivity index (χ3n) is 2.60. The van der Waals surface area contributed by atoms with E-state index in [2.05, 4.69) is 11.9 Å². The van der Waals surface area contributed by atoms with Crippen LogP contribution >= 0.6 is 0 Å². The second-order valence-electron chi connectivity index (χ2n) is 3.83. The van der Waals surface area contributed by atoms with Gasteiger partial charge in [-0.2, -0.15) is 0 Å². The highest BCUT2D eigenvalue weighted by Gasteiger charge is 2.09. The van der Waals surface area contributed by atoms with Crippen LogP contribution < -0.4 is 0 Å². The van der Waals surface area contributed by atoms with Crippen molar-refractivity contribution in [3.05, 3.63) is 30.1 Å². The van der Waals surface area contributed by atoms with Crippen LogP contribution in [0.4, 0.5) is 0 Å². The number of carbonyl (C=O) groups is 1. The van der Waals surface area contributed by atoms with E-state index in [0.29, 0.717) is 6.42 Å². The first-order valence-corrected chi connectivity index (χ1v) is 5.94. The third-order valence-corrected chi connectivity index (χ3v) is 2.60. The maximum atomic E-state index is 11.8. The number of carbonyl (C=O) groups excluding carboxylic acids is 1. The van der Waals surface area contributed by atoms with Crippen molar-refractivity contribution in [3.8, 4) is 0 Å². The first-order chi connectivity index (χ1) is 7.77. The molecule has 0 aromatic carbocycles. The first kappa shape index (κ1) is 12.7. The van der Waals surface area contributed by atoms with Gasteiger partial charge in [-0.3, -0.25) is 9.78 Å². The van der Waals surface area contributed by atoms with Gasteiger partial charge < -0.3 is 4.90 Å². The van der Waals surface area contributed by atoms with Crippen LogP contribution in [0.5, 0.6) is 0 Å². The normalized spacial score (nSPS) is 10.1. The molecule has 1 amide bonds. The Bertz CT molecular complexity index is 311. The lowest BCUT2D eigenvalue weighted by Gasteiger charge is -2.19. The number of rotatable bonds is 6. The van der Waals surface area contributed by atoms with Crippen LogP contribution in [-0.2, 0) is 11.2 Å². The fraction of sp³-hybridized carbons (Fsp3) is 0.538. The van der Waals surface area contributed by atoms with Crippen molar-refractivity contribution in [1.82, 2.24) is 9.88 Å². The fourth-order valence-corrected chi connectivity index (χ4v) is 1.69. The van der Waals surface area contributed by atoms with Crippen molar-refractivity contribution < 1.29 is 4.79 Å². The van der Waals surface area contributed by atoms with Crippen LogP contribution in [0, 0.1) is 0 Å². The molecule has 88 valence electrons. The Balaban J connectivity index is 2.40. The maximum absolute atomic E-state index is 11.8. The molecule has 0 spiro atoms. The summed E-state index contributed by atoms with van der Waals surface area (Å²) in [5.74, 6) is 0.251. The average Bonchev–Trinajstić information content (AvgIpc) is 2.34. The quantitative estimate of drug-likeness (QED) is 0.737. The third kappa shape index (κ3) is 4.01. The highest BCUT2D eigenvalue weighted by Crippen LogP contribution is 2.04. The smallest absolute Gasteiger partial charge is 0.222 e. The van der Waals surface area contributed by atoms with Crippen molar-refractivity contribution in [2.75, 3.05) is 13.1 Å². The van der Waals surface area contributed by atoms with Crippen molar-refractivity contribution in [3.63, 3.8) is 0 Å². The molecule has 0 bridgehead atoms. The average molecular weight is 220 g/mol. The molecule has 1 rings (SSSR count). The minimum atomic E-state index is 0.251. The molecule has 0 saturated carbocycles. The predicted octanol–water partition coefficient (Wildman–Crippen LogP) is 2.27. The molecule has 0 atom stereocenters. The molecule has 0 N–H and O–H groups in total. The fourth-order valence-electron chi connectivity index (χ4n) is 1.69. The van der Waals surface area contributed by atoms with Crippen LogP contribution in [0.1, 0.15) is 32.3 Å². The van der Waals surface area contributed by atoms with Crippen LogP contribution in [0.25, 0.3) is 0 Å². The number of amides is 1. The number of pyridine rings is 1. The molecular weight excluding hydrogens is 200 g/mol. The number of nitrogens with zero attached hydrogens (tertiary/aromatic N) is 2. The number of aromatic nitrogens is 1. The molecular formula is C13H20N2O. The van der Waals surface area contributed by atoms with E-state index >= 15 is 0 Å². The SMILES string of the molecule is CCCN(CC)C(=O)CCc1ccncc1. The van der Waals surface area contributed by atoms with Gasteiger partial charge in [0.05, 0.1) is 0 Å². The Labute approximate surface area is 97.5 Å². The van der Waals surface area contributed by atoms with E-state index < -0.39 is 0 Å². The molecule has 1 aromatic heterocycles. The van der Waals surface area contributed by atoms with Gasteiger partial charge in [0, 0.05) is 31.9 Å². The first-order valence-electron chi connectivity index (χ1n) is 5.94. The van der Waals surface area contributed by atoms with Crippen LogP contribution in [0.15, 0.2) is 24.5 Å². The predicted molar refractivity (Wildman–Crippen MR) is 65.1 cm³/mol. The summed E-state index contributed by atoms with van der Waals surface area (Å²) in [6.07, 6.45) is 5.96. The van der Waals surface area contributed by atoms with Gasteiger partial charge in [-0.25, -0.2) is 0 Å². The molecule has 3 heteroatoms. The lowest BCUT2D eigenvalue weighted by Crippen LogP contribution is -2.31. The zero-order valence-electron chi connectivity index (χ0n) is 10.1. The van der Waals surface area contributed by atoms with Gasteiger partial charge in [-0.05, 0) is 37.5 Å². The second-order valence-corrected chi connectivity index (χ2v) is 3.83. The van der Waals surface area contributed by atoms with Crippen molar-refractivity contribution in [2.24, 2.45) is 0 Å². The molecule has 0 fully saturated rings. The van der Waals surface area contributed by atoms with Gasteiger partial charge in [0.15, 0.2) is 0 Å². The minimum Gasteiger partial charge on any atom is -0.343 e. The highest BCUT2D eigenvalue weighted by molar-refractivity contribution is 5.76. The van der Waals surface area contributed by atoms with Crippen molar-refractivity contribution in [2.45, 2.75) is 33.1 Å². The Hall–Kier alpha value is -1.38. The van der Waals surface area contributed by atoms with Crippen molar-refractivity contribution >= 4 is 5.91 Å². The van der Waals surface area contributed by atoms with Crippen LogP contribution in [0.3, 0.4) is 0 Å². The minimum absolute atomic E-state index is 0.251. The van der Waals surface area contributed by atoms with E-state index in [1.54, 1.807) is 12.4 Å². The highest BCUT2D eigenvalue weighted by atomic mass is 16.2. The van der Waals surface area contributed by atoms with Gasteiger partial charge in [0.25, 0.3) is 0 Å². The summed E-state index contributed by atoms with van der Waals surface area (Å²) in [4.78, 5) is 17.7. The maximum Gasteiger partial charge on any atom is 0.222 e. The van der Waals surface area contributed by atoms with Gasteiger partial charge in [-0.1, -0.05) is 6.92 Å². The number of hydrogen-bond donors (Lipinski definition) is 0. The molecule has 1 aromatic rings. The summed E-state index contributed by atoms with van der Waals surface area (Å²) >= 11 is 0. The largest absolute Gasteiger partial charge is 0.343 e. The molecule has 3 nitrogen and oxygen atoms in total. The molecule has 16 heavy (non-hydrogen) atoms. The Kier molecular flexibility index (Phi) is 5.54. The molecule has 1 heterocycles. The summed E-state index contributed by atoms with van der Waals surface area (Å²) < 4.78 is 0. The van der Waals surface area contributed by atoms with Crippen LogP contribution in [-0.4, -0.2) is 28.9 Å². The van der Waals surface area contributed by atoms with Gasteiger partial charge in [-0.15, -0.1) is 0 Å². The zero-order chi connectivity index (χ0) is 11.8. The van der Waals surface area contributed by atoms with Gasteiger partial charge >= 0.3 is 0 Å². The number of aryl methyl sites for hydroxylation is 1. The Morgan fingerprint density at radius 2 is 2.00 bits per heavy atom. The second kappa shape index (κ2) is 6.99. The van der Waals surface area contributed by atoms with E-state index in [9.17, 15) is 4.79 Å². The molecule has 0 radical (unpaired) electrons. The monoisotopic (exact) mass is 220 g/mol. The standard InChI is InChI=1S/C13H20N2O/c1-3-11-15(4-2)13(16)6-5-12-7-9-14-10-8-12/h7-10H,3-6,11H2,1-2H3. The molecule has 0 unspecified atom stereocenters. The van der Waals surface area contributed by atoms with Gasteiger partial charge in [0.2, 0.25) is 5.91 Å². The van der Waals surface area contributed by atoms with Crippen molar-refractivity contribution in [1.29, 1.82) is 0 Å². The summed E-state index contributed by atoms with van der Waals surface area (Å²) in [5, 5.41) is 0. The van der Waals surface area contributed by atoms with E-state index in [1.165, 1.54) is 5.56 Å². The Morgan fingerprint density at radius 1 is 1.31 bits per heavy atom. The van der Waals surface area contributed by atoms with Gasteiger partial charge in [0.1, 0.15) is 0 Å². The van der Waals surface area contributed by atoms with E-state index in [-0.39, 0.29) is 5.91 Å². The molecule has 0 saturated heterocycles. The molecule has 0 aliphatic carbocycles. The summed E-state index contributed by atoms with van der Waals surface area (Å²) in [6.45, 7) is 5.80.